The molecular weight excluding hydrogens is 336 g/mol. The third kappa shape index (κ3) is 5.47. The second kappa shape index (κ2) is 9.92. The molecule has 0 saturated carbocycles. The van der Waals surface area contributed by atoms with Crippen LogP contribution < -0.4 is 0 Å². The lowest BCUT2D eigenvalue weighted by atomic mass is 9.85. The Morgan fingerprint density at radius 2 is 1.75 bits per heavy atom. The van der Waals surface area contributed by atoms with Gasteiger partial charge in [0.1, 0.15) is 0 Å². The summed E-state index contributed by atoms with van der Waals surface area (Å²) in [6.07, 6.45) is 12.4. The second-order valence-electron chi connectivity index (χ2n) is 8.76. The molecule has 28 heavy (non-hydrogen) atoms. The summed E-state index contributed by atoms with van der Waals surface area (Å²) in [5.41, 5.74) is 10.2. The summed E-state index contributed by atoms with van der Waals surface area (Å²) in [6, 6.07) is 15.9. The van der Waals surface area contributed by atoms with Crippen LogP contribution in [0.15, 0.2) is 54.6 Å². The maximum Gasteiger partial charge on any atom is -0.0189 e. The molecule has 0 heteroatoms. The fraction of sp³-hybridized carbons (Fsp3) is 0.429. The van der Waals surface area contributed by atoms with Gasteiger partial charge in [-0.1, -0.05) is 92.9 Å². The zero-order valence-corrected chi connectivity index (χ0v) is 18.1. The molecule has 0 atom stereocenters. The second-order valence-corrected chi connectivity index (χ2v) is 8.76. The van der Waals surface area contributed by atoms with Crippen molar-refractivity contribution in [3.8, 4) is 0 Å². The van der Waals surface area contributed by atoms with E-state index < -0.39 is 0 Å². The van der Waals surface area contributed by atoms with Crippen LogP contribution >= 0.6 is 0 Å². The number of hydrogen-bond donors (Lipinski definition) is 0. The standard InChI is InChI=1S/C28H36/c1-21(2)23(4)11-7-5-6-8-13-25-16-15-22(3)19-28(25)27-18-17-24-12-9-10-14-26(24)20-27/h9-10,12,14-16,19-21H,4-8,11,13,17-18H2,1-3H3. The lowest BCUT2D eigenvalue weighted by Gasteiger charge is -2.20. The Balaban J connectivity index is 1.61. The number of rotatable bonds is 9. The lowest BCUT2D eigenvalue weighted by molar-refractivity contribution is 0.611. The predicted molar refractivity (Wildman–Crippen MR) is 125 cm³/mol. The Morgan fingerprint density at radius 3 is 2.57 bits per heavy atom. The Hall–Kier alpha value is -2.08. The minimum absolute atomic E-state index is 0.629. The van der Waals surface area contributed by atoms with Crippen molar-refractivity contribution < 1.29 is 0 Å². The summed E-state index contributed by atoms with van der Waals surface area (Å²) in [5, 5.41) is 0. The minimum Gasteiger partial charge on any atom is -0.0996 e. The smallest absolute Gasteiger partial charge is 0.0189 e. The van der Waals surface area contributed by atoms with Gasteiger partial charge in [-0.15, -0.1) is 0 Å². The highest BCUT2D eigenvalue weighted by Crippen LogP contribution is 2.33. The van der Waals surface area contributed by atoms with E-state index in [1.165, 1.54) is 77.5 Å². The Bertz CT molecular complexity index is 835. The predicted octanol–water partition coefficient (Wildman–Crippen LogP) is 8.19. The number of hydrogen-bond acceptors (Lipinski definition) is 0. The normalized spacial score (nSPS) is 13.4. The first-order valence-electron chi connectivity index (χ1n) is 11.1. The van der Waals surface area contributed by atoms with E-state index >= 15 is 0 Å². The molecule has 1 aliphatic carbocycles. The van der Waals surface area contributed by atoms with Crippen molar-refractivity contribution in [2.45, 2.75) is 72.1 Å². The molecule has 0 fully saturated rings. The van der Waals surface area contributed by atoms with Gasteiger partial charge in [-0.2, -0.15) is 0 Å². The average Bonchev–Trinajstić information content (AvgIpc) is 2.70. The van der Waals surface area contributed by atoms with E-state index in [2.05, 4.69) is 75.9 Å². The first-order chi connectivity index (χ1) is 13.5. The third-order valence-corrected chi connectivity index (χ3v) is 6.17. The van der Waals surface area contributed by atoms with Crippen LogP contribution in [-0.4, -0.2) is 0 Å². The fourth-order valence-electron chi connectivity index (χ4n) is 4.16. The van der Waals surface area contributed by atoms with E-state index in [1.807, 2.05) is 0 Å². The van der Waals surface area contributed by atoms with Gasteiger partial charge in [-0.3, -0.25) is 0 Å². The molecule has 0 nitrogen and oxygen atoms in total. The van der Waals surface area contributed by atoms with Crippen molar-refractivity contribution in [3.63, 3.8) is 0 Å². The summed E-state index contributed by atoms with van der Waals surface area (Å²) in [4.78, 5) is 0. The van der Waals surface area contributed by atoms with Gasteiger partial charge in [-0.25, -0.2) is 0 Å². The molecule has 148 valence electrons. The van der Waals surface area contributed by atoms with Crippen molar-refractivity contribution >= 4 is 11.6 Å². The minimum atomic E-state index is 0.629. The Morgan fingerprint density at radius 1 is 0.964 bits per heavy atom. The number of unbranched alkanes of at least 4 members (excludes halogenated alkanes) is 3. The highest BCUT2D eigenvalue weighted by molar-refractivity contribution is 5.85. The molecule has 2 aromatic carbocycles. The van der Waals surface area contributed by atoms with Gasteiger partial charge in [0, 0.05) is 0 Å². The highest BCUT2D eigenvalue weighted by Gasteiger charge is 2.14. The number of aryl methyl sites for hydroxylation is 3. The summed E-state index contributed by atoms with van der Waals surface area (Å²) >= 11 is 0. The molecule has 0 aromatic heterocycles. The van der Waals surface area contributed by atoms with Gasteiger partial charge in [0.25, 0.3) is 0 Å². The monoisotopic (exact) mass is 372 g/mol. The fourth-order valence-corrected chi connectivity index (χ4v) is 4.16. The van der Waals surface area contributed by atoms with Crippen molar-refractivity contribution in [3.05, 3.63) is 82.4 Å². The number of allylic oxidation sites excluding steroid dienone is 2. The van der Waals surface area contributed by atoms with E-state index in [0.717, 1.165) is 12.8 Å². The molecule has 0 aliphatic heterocycles. The molecule has 0 saturated heterocycles. The van der Waals surface area contributed by atoms with Crippen LogP contribution in [0.25, 0.3) is 11.6 Å². The quantitative estimate of drug-likeness (QED) is 0.307. The van der Waals surface area contributed by atoms with Crippen LogP contribution in [-0.2, 0) is 12.8 Å². The first kappa shape index (κ1) is 20.6. The average molecular weight is 373 g/mol. The maximum atomic E-state index is 4.20. The van der Waals surface area contributed by atoms with Crippen molar-refractivity contribution in [1.82, 2.24) is 0 Å². The molecule has 2 aromatic rings. The topological polar surface area (TPSA) is 0 Å². The summed E-state index contributed by atoms with van der Waals surface area (Å²) in [6.45, 7) is 10.9. The van der Waals surface area contributed by atoms with Gasteiger partial charge in [-0.05, 0) is 79.2 Å². The molecule has 0 bridgehead atoms. The molecular formula is C28H36. The van der Waals surface area contributed by atoms with E-state index in [4.69, 9.17) is 0 Å². The van der Waals surface area contributed by atoms with Crippen LogP contribution in [0.1, 0.15) is 80.2 Å². The summed E-state index contributed by atoms with van der Waals surface area (Å²) in [7, 11) is 0. The molecule has 0 spiro atoms. The molecule has 0 radical (unpaired) electrons. The van der Waals surface area contributed by atoms with Crippen LogP contribution in [0.3, 0.4) is 0 Å². The van der Waals surface area contributed by atoms with Crippen LogP contribution in [0.2, 0.25) is 0 Å². The third-order valence-electron chi connectivity index (χ3n) is 6.17. The van der Waals surface area contributed by atoms with Gasteiger partial charge in [0.05, 0.1) is 0 Å². The van der Waals surface area contributed by atoms with E-state index in [9.17, 15) is 0 Å². The zero-order chi connectivity index (χ0) is 19.9. The SMILES string of the molecule is C=C(CCCCCCc1ccc(C)cc1C1=Cc2ccccc2CC1)C(C)C. The van der Waals surface area contributed by atoms with Crippen LogP contribution in [0, 0.1) is 12.8 Å². The van der Waals surface area contributed by atoms with Crippen molar-refractivity contribution in [2.24, 2.45) is 5.92 Å². The molecule has 0 unspecified atom stereocenters. The van der Waals surface area contributed by atoms with Gasteiger partial charge in [0.15, 0.2) is 0 Å². The van der Waals surface area contributed by atoms with Gasteiger partial charge < -0.3 is 0 Å². The van der Waals surface area contributed by atoms with Gasteiger partial charge >= 0.3 is 0 Å². The van der Waals surface area contributed by atoms with Gasteiger partial charge in [0.2, 0.25) is 0 Å². The first-order valence-corrected chi connectivity index (χ1v) is 11.1. The molecule has 0 amide bonds. The molecule has 0 heterocycles. The summed E-state index contributed by atoms with van der Waals surface area (Å²) < 4.78 is 0. The lowest BCUT2D eigenvalue weighted by Crippen LogP contribution is -2.02. The Labute approximate surface area is 172 Å². The summed E-state index contributed by atoms with van der Waals surface area (Å²) in [5.74, 6) is 0.629. The molecule has 3 rings (SSSR count). The maximum absolute atomic E-state index is 4.20. The van der Waals surface area contributed by atoms with E-state index in [-0.39, 0.29) is 0 Å². The van der Waals surface area contributed by atoms with Crippen LogP contribution in [0.4, 0.5) is 0 Å². The van der Waals surface area contributed by atoms with E-state index in [1.54, 1.807) is 0 Å². The van der Waals surface area contributed by atoms with Crippen molar-refractivity contribution in [2.75, 3.05) is 0 Å². The van der Waals surface area contributed by atoms with Crippen molar-refractivity contribution in [1.29, 1.82) is 0 Å². The molecule has 0 N–H and O–H groups in total. The number of fused-ring (bicyclic) bond motifs is 1. The Kier molecular flexibility index (Phi) is 7.31. The highest BCUT2D eigenvalue weighted by atomic mass is 14.2. The molecule has 1 aliphatic rings. The van der Waals surface area contributed by atoms with E-state index in [0.29, 0.717) is 5.92 Å². The largest absolute Gasteiger partial charge is 0.0996 e. The van der Waals surface area contributed by atoms with Crippen LogP contribution in [0.5, 0.6) is 0 Å². The number of benzene rings is 2. The zero-order valence-electron chi connectivity index (χ0n) is 18.1.